The number of anilines is 2. The first kappa shape index (κ1) is 19.2. The van der Waals surface area contributed by atoms with E-state index in [9.17, 15) is 19.5 Å². The molecular formula is C20H14N2O5S2. The second-order valence-electron chi connectivity index (χ2n) is 6.21. The van der Waals surface area contributed by atoms with Gasteiger partial charge in [0.1, 0.15) is 12.3 Å². The van der Waals surface area contributed by atoms with Gasteiger partial charge >= 0.3 is 5.97 Å². The van der Waals surface area contributed by atoms with Crippen LogP contribution in [0.1, 0.15) is 5.56 Å². The van der Waals surface area contributed by atoms with Crippen LogP contribution >= 0.6 is 24.0 Å². The number of ether oxygens (including phenoxy) is 1. The first-order chi connectivity index (χ1) is 13.9. The van der Waals surface area contributed by atoms with Gasteiger partial charge in [-0.05, 0) is 30.3 Å². The van der Waals surface area contributed by atoms with Gasteiger partial charge in [0.25, 0.3) is 11.8 Å². The molecule has 0 aliphatic carbocycles. The molecule has 9 heteroatoms. The van der Waals surface area contributed by atoms with Gasteiger partial charge < -0.3 is 9.84 Å². The molecule has 7 nitrogen and oxygen atoms in total. The summed E-state index contributed by atoms with van der Waals surface area (Å²) in [7, 11) is 1.55. The molecule has 1 N–H and O–H groups in total. The lowest BCUT2D eigenvalue weighted by Gasteiger charge is -2.15. The number of thiocarbonyl (C=S) groups is 1. The van der Waals surface area contributed by atoms with E-state index in [0.29, 0.717) is 27.0 Å². The normalized spacial score (nSPS) is 18.4. The van der Waals surface area contributed by atoms with E-state index in [0.717, 1.165) is 16.7 Å². The van der Waals surface area contributed by atoms with E-state index in [2.05, 4.69) is 0 Å². The van der Waals surface area contributed by atoms with Crippen molar-refractivity contribution in [3.8, 4) is 5.75 Å². The molecule has 0 atom stereocenters. The number of methoxy groups -OCH3 is 1. The highest BCUT2D eigenvalue weighted by Crippen LogP contribution is 2.45. The van der Waals surface area contributed by atoms with Gasteiger partial charge in [-0.2, -0.15) is 0 Å². The van der Waals surface area contributed by atoms with Crippen LogP contribution < -0.4 is 14.5 Å². The van der Waals surface area contributed by atoms with Crippen molar-refractivity contribution < 1.29 is 24.2 Å². The Balaban J connectivity index is 1.79. The zero-order chi connectivity index (χ0) is 20.7. The predicted octanol–water partition coefficient (Wildman–Crippen LogP) is 2.90. The molecule has 2 aliphatic rings. The third-order valence-corrected chi connectivity index (χ3v) is 5.92. The lowest BCUT2D eigenvalue weighted by Crippen LogP contribution is -2.32. The molecule has 0 radical (unpaired) electrons. The van der Waals surface area contributed by atoms with Gasteiger partial charge in [-0.1, -0.05) is 42.2 Å². The molecule has 0 aromatic heterocycles. The van der Waals surface area contributed by atoms with Crippen molar-refractivity contribution in [3.05, 3.63) is 59.0 Å². The van der Waals surface area contributed by atoms with E-state index >= 15 is 0 Å². The summed E-state index contributed by atoms with van der Waals surface area (Å²) in [5.74, 6) is -1.44. The number of para-hydroxylation sites is 1. The number of hydrogen-bond acceptors (Lipinski definition) is 6. The maximum atomic E-state index is 13.2. The summed E-state index contributed by atoms with van der Waals surface area (Å²) in [6.45, 7) is -0.488. The maximum absolute atomic E-state index is 13.2. The van der Waals surface area contributed by atoms with Crippen molar-refractivity contribution in [1.82, 2.24) is 0 Å². The monoisotopic (exact) mass is 426 g/mol. The van der Waals surface area contributed by atoms with Crippen LogP contribution in [0.4, 0.5) is 11.4 Å². The maximum Gasteiger partial charge on any atom is 0.323 e. The highest BCUT2D eigenvalue weighted by atomic mass is 32.2. The van der Waals surface area contributed by atoms with Crippen LogP contribution in [0.3, 0.4) is 0 Å². The van der Waals surface area contributed by atoms with Crippen LogP contribution in [-0.2, 0) is 14.4 Å². The van der Waals surface area contributed by atoms with E-state index in [4.69, 9.17) is 17.0 Å². The largest absolute Gasteiger partial charge is 0.497 e. The molecule has 29 heavy (non-hydrogen) atoms. The minimum Gasteiger partial charge on any atom is -0.497 e. The van der Waals surface area contributed by atoms with Gasteiger partial charge in [-0.25, -0.2) is 0 Å². The van der Waals surface area contributed by atoms with Crippen molar-refractivity contribution in [3.63, 3.8) is 0 Å². The topological polar surface area (TPSA) is 87.2 Å². The number of carbonyl (C=O) groups excluding carboxylic acids is 2. The minimum absolute atomic E-state index is 0.176. The standard InChI is InChI=1S/C20H14N2O5S2/c1-27-12-8-6-11(7-9-12)22-19(26)17(29-20(22)28)16-13-4-2-3-5-14(13)21(18(16)25)10-15(23)24/h2-9H,10H2,1H3,(H,23,24). The van der Waals surface area contributed by atoms with E-state index in [1.54, 1.807) is 55.6 Å². The Morgan fingerprint density at radius 1 is 1.10 bits per heavy atom. The van der Waals surface area contributed by atoms with Gasteiger partial charge in [-0.3, -0.25) is 24.2 Å². The molecule has 0 saturated carbocycles. The summed E-state index contributed by atoms with van der Waals surface area (Å²) < 4.78 is 5.43. The summed E-state index contributed by atoms with van der Waals surface area (Å²) >= 11 is 6.43. The summed E-state index contributed by atoms with van der Waals surface area (Å²) in [4.78, 5) is 40.1. The van der Waals surface area contributed by atoms with E-state index in [1.165, 1.54) is 4.90 Å². The fourth-order valence-electron chi connectivity index (χ4n) is 3.26. The van der Waals surface area contributed by atoms with E-state index < -0.39 is 24.3 Å². The summed E-state index contributed by atoms with van der Waals surface area (Å²) in [6.07, 6.45) is 0. The number of carboxylic acid groups (broad SMARTS) is 1. The minimum atomic E-state index is -1.14. The molecular weight excluding hydrogens is 412 g/mol. The smallest absolute Gasteiger partial charge is 0.323 e. The van der Waals surface area contributed by atoms with Gasteiger partial charge in [-0.15, -0.1) is 0 Å². The van der Waals surface area contributed by atoms with Crippen molar-refractivity contribution in [2.75, 3.05) is 23.5 Å². The number of hydrogen-bond donors (Lipinski definition) is 1. The van der Waals surface area contributed by atoms with Crippen molar-refractivity contribution in [1.29, 1.82) is 0 Å². The van der Waals surface area contributed by atoms with Crippen LogP contribution in [0.25, 0.3) is 5.57 Å². The average molecular weight is 426 g/mol. The van der Waals surface area contributed by atoms with Crippen LogP contribution in [0, 0.1) is 0 Å². The van der Waals surface area contributed by atoms with Crippen LogP contribution in [-0.4, -0.2) is 40.9 Å². The lowest BCUT2D eigenvalue weighted by atomic mass is 10.1. The van der Waals surface area contributed by atoms with Gasteiger partial charge in [0, 0.05) is 5.56 Å². The van der Waals surface area contributed by atoms with Crippen LogP contribution in [0.2, 0.25) is 0 Å². The number of carbonyl (C=O) groups is 3. The first-order valence-electron chi connectivity index (χ1n) is 8.50. The number of aliphatic carboxylic acids is 1. The zero-order valence-corrected chi connectivity index (χ0v) is 16.8. The molecule has 1 fully saturated rings. The van der Waals surface area contributed by atoms with E-state index in [1.807, 2.05) is 0 Å². The Hall–Kier alpha value is -3.17. The number of fused-ring (bicyclic) bond motifs is 1. The number of rotatable bonds is 4. The number of carboxylic acids is 1. The summed E-state index contributed by atoms with van der Waals surface area (Å²) in [5, 5.41) is 9.18. The summed E-state index contributed by atoms with van der Waals surface area (Å²) in [6, 6.07) is 13.7. The predicted molar refractivity (Wildman–Crippen MR) is 114 cm³/mol. The third-order valence-electron chi connectivity index (χ3n) is 4.54. The third kappa shape index (κ3) is 3.18. The van der Waals surface area contributed by atoms with Crippen molar-refractivity contribution in [2.45, 2.75) is 0 Å². The van der Waals surface area contributed by atoms with Gasteiger partial charge in [0.2, 0.25) is 0 Å². The lowest BCUT2D eigenvalue weighted by molar-refractivity contribution is -0.136. The Morgan fingerprint density at radius 3 is 2.45 bits per heavy atom. The van der Waals surface area contributed by atoms with Crippen molar-refractivity contribution >= 4 is 63.0 Å². The molecule has 4 rings (SSSR count). The fraction of sp³-hybridized carbons (Fsp3) is 0.100. The second kappa shape index (κ2) is 7.34. The zero-order valence-electron chi connectivity index (χ0n) is 15.1. The molecule has 146 valence electrons. The first-order valence-corrected chi connectivity index (χ1v) is 9.72. The molecule has 0 bridgehead atoms. The Bertz CT molecular complexity index is 1090. The molecule has 2 amide bonds. The highest BCUT2D eigenvalue weighted by Gasteiger charge is 2.42. The molecule has 2 heterocycles. The number of thioether (sulfide) groups is 1. The van der Waals surface area contributed by atoms with Crippen LogP contribution in [0.5, 0.6) is 5.75 Å². The van der Waals surface area contributed by atoms with Crippen LogP contribution in [0.15, 0.2) is 53.4 Å². The highest BCUT2D eigenvalue weighted by molar-refractivity contribution is 8.27. The average Bonchev–Trinajstić information content (AvgIpc) is 3.14. The Morgan fingerprint density at radius 2 is 1.79 bits per heavy atom. The molecule has 2 aliphatic heterocycles. The SMILES string of the molecule is COc1ccc(N2C(=O)C(=C3C(=O)N(CC(=O)O)c4ccccc43)SC2=S)cc1. The summed E-state index contributed by atoms with van der Waals surface area (Å²) in [5.41, 5.74) is 1.72. The van der Waals surface area contributed by atoms with Crippen molar-refractivity contribution in [2.24, 2.45) is 0 Å². The molecule has 2 aromatic carbocycles. The molecule has 0 unspecified atom stereocenters. The fourth-order valence-corrected chi connectivity index (χ4v) is 4.64. The quantitative estimate of drug-likeness (QED) is 0.594. The van der Waals surface area contributed by atoms with E-state index in [-0.39, 0.29) is 10.5 Å². The van der Waals surface area contributed by atoms with Gasteiger partial charge in [0.05, 0.1) is 29.0 Å². The number of amides is 2. The molecule has 2 aromatic rings. The second-order valence-corrected chi connectivity index (χ2v) is 7.86. The number of nitrogens with zero attached hydrogens (tertiary/aromatic N) is 2. The van der Waals surface area contributed by atoms with Gasteiger partial charge in [0.15, 0.2) is 4.32 Å². The molecule has 1 saturated heterocycles. The Kier molecular flexibility index (Phi) is 4.85. The molecule has 0 spiro atoms. The number of benzene rings is 2. The Labute approximate surface area is 175 Å².